The van der Waals surface area contributed by atoms with Crippen molar-refractivity contribution in [2.75, 3.05) is 17.9 Å². The number of carbonyl (C=O) groups is 1. The number of Topliss-reactive ketones (excluding diaryl/α,β-unsaturated/α-hetero) is 1. The highest BCUT2D eigenvalue weighted by Gasteiger charge is 2.27. The van der Waals surface area contributed by atoms with Crippen LogP contribution in [0.4, 0.5) is 11.4 Å². The van der Waals surface area contributed by atoms with Crippen molar-refractivity contribution in [3.05, 3.63) is 54.1 Å². The number of amidine groups is 1. The molecule has 0 aliphatic carbocycles. The van der Waals surface area contributed by atoms with Gasteiger partial charge in [0.05, 0.1) is 24.4 Å². The number of hydrazone groups is 1. The van der Waals surface area contributed by atoms with E-state index in [-0.39, 0.29) is 11.6 Å². The van der Waals surface area contributed by atoms with Gasteiger partial charge in [0.2, 0.25) is 5.78 Å². The fourth-order valence-corrected chi connectivity index (χ4v) is 2.04. The Morgan fingerprint density at radius 3 is 2.12 bits per heavy atom. The Kier molecular flexibility index (Phi) is 5.97. The van der Waals surface area contributed by atoms with E-state index in [1.807, 2.05) is 32.9 Å². The quantitative estimate of drug-likeness (QED) is 0.483. The van der Waals surface area contributed by atoms with Crippen LogP contribution in [0.5, 0.6) is 5.75 Å². The summed E-state index contributed by atoms with van der Waals surface area (Å²) >= 11 is 0. The maximum Gasteiger partial charge on any atom is 0.205 e. The maximum atomic E-state index is 12.7. The number of hydrogen-bond acceptors (Lipinski definition) is 5. The number of hydrogen-bond donors (Lipinski definition) is 2. The summed E-state index contributed by atoms with van der Waals surface area (Å²) < 4.78 is 5.14. The first-order chi connectivity index (χ1) is 12.3. The molecule has 0 spiro atoms. The van der Waals surface area contributed by atoms with E-state index in [4.69, 9.17) is 10.00 Å². The number of rotatable bonds is 5. The summed E-state index contributed by atoms with van der Waals surface area (Å²) in [6.07, 6.45) is 0. The average Bonchev–Trinajstić information content (AvgIpc) is 2.64. The molecule has 0 saturated heterocycles. The van der Waals surface area contributed by atoms with Gasteiger partial charge in [-0.3, -0.25) is 10.2 Å². The lowest BCUT2D eigenvalue weighted by Gasteiger charge is -2.19. The van der Waals surface area contributed by atoms with Crippen LogP contribution >= 0.6 is 0 Å². The van der Waals surface area contributed by atoms with Crippen molar-refractivity contribution in [3.8, 4) is 11.8 Å². The standard InChI is InChI=1S/C20H22N4O2/c1-20(2,3)18(25)19(22-15-9-11-17(26-4)12-10-15)24-23-16-7-5-14(13-21)6-8-16/h5-12,23H,1-4H3,(H,22,24). The second-order valence-corrected chi connectivity index (χ2v) is 6.69. The lowest BCUT2D eigenvalue weighted by molar-refractivity contribution is -0.119. The predicted molar refractivity (Wildman–Crippen MR) is 103 cm³/mol. The molecule has 6 nitrogen and oxygen atoms in total. The van der Waals surface area contributed by atoms with Gasteiger partial charge in [0, 0.05) is 11.1 Å². The molecule has 0 atom stereocenters. The summed E-state index contributed by atoms with van der Waals surface area (Å²) in [5.74, 6) is 0.799. The summed E-state index contributed by atoms with van der Waals surface area (Å²) in [7, 11) is 1.60. The van der Waals surface area contributed by atoms with Crippen molar-refractivity contribution >= 4 is 23.0 Å². The van der Waals surface area contributed by atoms with Crippen molar-refractivity contribution in [2.45, 2.75) is 20.8 Å². The van der Waals surface area contributed by atoms with Crippen molar-refractivity contribution in [3.63, 3.8) is 0 Å². The van der Waals surface area contributed by atoms with Gasteiger partial charge in [-0.1, -0.05) is 20.8 Å². The van der Waals surface area contributed by atoms with Crippen molar-refractivity contribution in [2.24, 2.45) is 10.5 Å². The third-order valence-corrected chi connectivity index (χ3v) is 3.56. The summed E-state index contributed by atoms with van der Waals surface area (Å²) in [6.45, 7) is 5.51. The Morgan fingerprint density at radius 2 is 1.62 bits per heavy atom. The lowest BCUT2D eigenvalue weighted by atomic mass is 9.90. The second kappa shape index (κ2) is 8.17. The van der Waals surface area contributed by atoms with Crippen LogP contribution in [-0.4, -0.2) is 18.7 Å². The fourth-order valence-electron chi connectivity index (χ4n) is 2.04. The predicted octanol–water partition coefficient (Wildman–Crippen LogP) is 4.02. The molecule has 2 aromatic carbocycles. The second-order valence-electron chi connectivity index (χ2n) is 6.69. The first-order valence-corrected chi connectivity index (χ1v) is 8.13. The summed E-state index contributed by atoms with van der Waals surface area (Å²) in [5.41, 5.74) is 4.23. The molecule has 2 aromatic rings. The highest BCUT2D eigenvalue weighted by Crippen LogP contribution is 2.19. The number of benzene rings is 2. The molecule has 2 N–H and O–H groups in total. The van der Waals surface area contributed by atoms with E-state index in [1.165, 1.54) is 0 Å². The van der Waals surface area contributed by atoms with Crippen molar-refractivity contribution in [1.82, 2.24) is 0 Å². The molecule has 2 rings (SSSR count). The number of carbonyl (C=O) groups excluding carboxylic acids is 1. The van der Waals surface area contributed by atoms with Gasteiger partial charge in [-0.15, -0.1) is 0 Å². The van der Waals surface area contributed by atoms with Crippen LogP contribution in [0, 0.1) is 16.7 Å². The monoisotopic (exact) mass is 350 g/mol. The molecule has 0 amide bonds. The molecule has 0 heterocycles. The van der Waals surface area contributed by atoms with E-state index in [0.717, 1.165) is 11.4 Å². The molecule has 26 heavy (non-hydrogen) atoms. The van der Waals surface area contributed by atoms with E-state index < -0.39 is 5.41 Å². The molecule has 0 bridgehead atoms. The van der Waals surface area contributed by atoms with Crippen molar-refractivity contribution < 1.29 is 9.53 Å². The molecule has 134 valence electrons. The zero-order valence-electron chi connectivity index (χ0n) is 15.3. The van der Waals surface area contributed by atoms with Gasteiger partial charge in [-0.05, 0) is 48.5 Å². The summed E-state index contributed by atoms with van der Waals surface area (Å²) in [5, 5.41) is 16.2. The van der Waals surface area contributed by atoms with E-state index >= 15 is 0 Å². The Labute approximate surface area is 153 Å². The number of methoxy groups -OCH3 is 1. The third kappa shape index (κ3) is 5.08. The van der Waals surface area contributed by atoms with Crippen LogP contribution in [0.1, 0.15) is 26.3 Å². The number of nitriles is 1. The van der Waals surface area contributed by atoms with Gasteiger partial charge in [-0.25, -0.2) is 0 Å². The number of nitrogens with zero attached hydrogens (tertiary/aromatic N) is 2. The van der Waals surface area contributed by atoms with Crippen molar-refractivity contribution in [1.29, 1.82) is 5.26 Å². The number of nitrogens with one attached hydrogen (secondary N) is 2. The minimum absolute atomic E-state index is 0.130. The van der Waals surface area contributed by atoms with Gasteiger partial charge in [-0.2, -0.15) is 10.4 Å². The normalized spacial score (nSPS) is 11.4. The van der Waals surface area contributed by atoms with E-state index in [1.54, 1.807) is 43.5 Å². The number of ketones is 1. The smallest absolute Gasteiger partial charge is 0.205 e. The Balaban J connectivity index is 2.24. The van der Waals surface area contributed by atoms with Crippen LogP contribution < -0.4 is 15.5 Å². The Hall–Kier alpha value is -3.33. The zero-order valence-corrected chi connectivity index (χ0v) is 15.3. The van der Waals surface area contributed by atoms with Crippen LogP contribution in [-0.2, 0) is 4.79 Å². The Morgan fingerprint density at radius 1 is 1.04 bits per heavy atom. The third-order valence-electron chi connectivity index (χ3n) is 3.56. The van der Waals surface area contributed by atoms with Gasteiger partial charge in [0.1, 0.15) is 5.75 Å². The van der Waals surface area contributed by atoms with Crippen LogP contribution in [0.3, 0.4) is 0 Å². The van der Waals surface area contributed by atoms with Crippen LogP contribution in [0.15, 0.2) is 53.6 Å². The topological polar surface area (TPSA) is 86.5 Å². The lowest BCUT2D eigenvalue weighted by Crippen LogP contribution is -2.34. The minimum Gasteiger partial charge on any atom is -0.497 e. The van der Waals surface area contributed by atoms with E-state index in [2.05, 4.69) is 21.9 Å². The first-order valence-electron chi connectivity index (χ1n) is 8.13. The molecule has 0 aromatic heterocycles. The molecule has 0 aliphatic heterocycles. The summed E-state index contributed by atoms with van der Waals surface area (Å²) in [6, 6.07) is 16.1. The molecular formula is C20H22N4O2. The van der Waals surface area contributed by atoms with Gasteiger partial charge >= 0.3 is 0 Å². The highest BCUT2D eigenvalue weighted by atomic mass is 16.5. The SMILES string of the molecule is COc1ccc(N/C(=N\Nc2ccc(C#N)cc2)C(=O)C(C)(C)C)cc1. The largest absolute Gasteiger partial charge is 0.497 e. The average molecular weight is 350 g/mol. The molecule has 0 saturated carbocycles. The molecule has 0 fully saturated rings. The van der Waals surface area contributed by atoms with E-state index in [9.17, 15) is 4.79 Å². The number of anilines is 2. The van der Waals surface area contributed by atoms with Crippen LogP contribution in [0.25, 0.3) is 0 Å². The number of ether oxygens (including phenoxy) is 1. The minimum atomic E-state index is -0.593. The Bertz CT molecular complexity index is 826. The molecule has 0 radical (unpaired) electrons. The fraction of sp³-hybridized carbons (Fsp3) is 0.250. The van der Waals surface area contributed by atoms with E-state index in [0.29, 0.717) is 11.3 Å². The molecule has 0 aliphatic rings. The zero-order chi connectivity index (χ0) is 19.2. The molecule has 0 unspecified atom stereocenters. The maximum absolute atomic E-state index is 12.7. The van der Waals surface area contributed by atoms with Gasteiger partial charge in [0.15, 0.2) is 5.84 Å². The van der Waals surface area contributed by atoms with Crippen LogP contribution in [0.2, 0.25) is 0 Å². The van der Waals surface area contributed by atoms with Gasteiger partial charge < -0.3 is 10.1 Å². The summed E-state index contributed by atoms with van der Waals surface area (Å²) in [4.78, 5) is 12.7. The van der Waals surface area contributed by atoms with Gasteiger partial charge in [0.25, 0.3) is 0 Å². The highest BCUT2D eigenvalue weighted by molar-refractivity contribution is 6.44. The first kappa shape index (κ1) is 19.0. The molecular weight excluding hydrogens is 328 g/mol. The molecule has 6 heteroatoms.